The molecule has 0 aromatic carbocycles. The molecule has 0 saturated carbocycles. The van der Waals surface area contributed by atoms with E-state index in [1.165, 1.54) is 14.0 Å². The van der Waals surface area contributed by atoms with Crippen molar-refractivity contribution in [3.8, 4) is 0 Å². The van der Waals surface area contributed by atoms with Gasteiger partial charge in [0.05, 0.1) is 7.11 Å². The summed E-state index contributed by atoms with van der Waals surface area (Å²) >= 11 is 0. The van der Waals surface area contributed by atoms with Crippen LogP contribution >= 0.6 is 0 Å². The van der Waals surface area contributed by atoms with E-state index in [4.69, 9.17) is 0 Å². The molecular weight excluding hydrogens is 176 g/mol. The smallest absolute Gasteiger partial charge is 0.331 e. The Labute approximate surface area is 75.3 Å². The second-order valence-corrected chi connectivity index (χ2v) is 2.17. The van der Waals surface area contributed by atoms with E-state index in [2.05, 4.69) is 9.47 Å². The molecule has 0 N–H and O–H groups in total. The van der Waals surface area contributed by atoms with E-state index >= 15 is 0 Å². The first-order valence-electron chi connectivity index (χ1n) is 3.48. The highest BCUT2D eigenvalue weighted by atomic mass is 16.5. The molecule has 0 aliphatic rings. The van der Waals surface area contributed by atoms with Crippen molar-refractivity contribution in [3.63, 3.8) is 0 Å². The monoisotopic (exact) mass is 186 g/mol. The highest BCUT2D eigenvalue weighted by Crippen LogP contribution is 1.84. The Bertz CT molecular complexity index is 241. The van der Waals surface area contributed by atoms with Crippen LogP contribution in [0.1, 0.15) is 6.92 Å². The first kappa shape index (κ1) is 11.4. The Kier molecular flexibility index (Phi) is 5.18. The first-order valence-corrected chi connectivity index (χ1v) is 3.48. The van der Waals surface area contributed by atoms with Gasteiger partial charge in [-0.2, -0.15) is 0 Å². The van der Waals surface area contributed by atoms with E-state index in [0.717, 1.165) is 12.2 Å². The van der Waals surface area contributed by atoms with Crippen LogP contribution in [-0.2, 0) is 23.9 Å². The Balaban J connectivity index is 3.80. The highest BCUT2D eigenvalue weighted by molar-refractivity contribution is 5.92. The molecule has 0 amide bonds. The molecular formula is C8H10O5. The van der Waals surface area contributed by atoms with Gasteiger partial charge in [-0.05, 0) is 6.92 Å². The van der Waals surface area contributed by atoms with Crippen LogP contribution in [0, 0.1) is 0 Å². The molecule has 0 rings (SSSR count). The van der Waals surface area contributed by atoms with Gasteiger partial charge in [0.25, 0.3) is 0 Å². The van der Waals surface area contributed by atoms with E-state index in [0.29, 0.717) is 0 Å². The average molecular weight is 186 g/mol. The number of carbonyl (C=O) groups is 3. The fourth-order valence-corrected chi connectivity index (χ4v) is 0.425. The fraction of sp³-hybridized carbons (Fsp3) is 0.375. The lowest BCUT2D eigenvalue weighted by Gasteiger charge is -1.96. The van der Waals surface area contributed by atoms with Crippen LogP contribution in [0.25, 0.3) is 0 Å². The molecule has 0 spiro atoms. The van der Waals surface area contributed by atoms with Gasteiger partial charge in [-0.15, -0.1) is 0 Å². The molecule has 0 atom stereocenters. The van der Waals surface area contributed by atoms with Crippen molar-refractivity contribution >= 4 is 17.7 Å². The minimum atomic E-state index is -0.749. The van der Waals surface area contributed by atoms with E-state index in [9.17, 15) is 14.4 Å². The molecule has 0 aromatic heterocycles. The third-order valence-corrected chi connectivity index (χ3v) is 0.974. The standard InChI is InChI=1S/C8H10O5/c1-6(9)5-13-8(11)4-3-7(10)12-2/h3-4H,5H2,1-2H3/b4-3+. The quantitative estimate of drug-likeness (QED) is 0.451. The lowest BCUT2D eigenvalue weighted by atomic mass is 10.5. The molecule has 0 fully saturated rings. The van der Waals surface area contributed by atoms with Gasteiger partial charge in [-0.3, -0.25) is 4.79 Å². The average Bonchev–Trinajstić information content (AvgIpc) is 2.10. The molecule has 0 bridgehead atoms. The van der Waals surface area contributed by atoms with Crippen molar-refractivity contribution in [2.75, 3.05) is 13.7 Å². The first-order chi connectivity index (χ1) is 6.06. The second-order valence-electron chi connectivity index (χ2n) is 2.17. The van der Waals surface area contributed by atoms with Gasteiger partial charge < -0.3 is 9.47 Å². The summed E-state index contributed by atoms with van der Waals surface area (Å²) in [6.07, 6.45) is 1.82. The summed E-state index contributed by atoms with van der Waals surface area (Å²) < 4.78 is 8.64. The minimum absolute atomic E-state index is 0.264. The number of carbonyl (C=O) groups excluding carboxylic acids is 3. The molecule has 0 heterocycles. The molecule has 0 saturated heterocycles. The highest BCUT2D eigenvalue weighted by Gasteiger charge is 2.00. The Morgan fingerprint density at radius 1 is 1.15 bits per heavy atom. The summed E-state index contributed by atoms with van der Waals surface area (Å²) in [5, 5.41) is 0. The molecule has 0 aliphatic heterocycles. The molecule has 0 unspecified atom stereocenters. The molecule has 72 valence electrons. The summed E-state index contributed by atoms with van der Waals surface area (Å²) in [7, 11) is 1.19. The number of methoxy groups -OCH3 is 1. The van der Waals surface area contributed by atoms with Crippen LogP contribution < -0.4 is 0 Å². The van der Waals surface area contributed by atoms with Gasteiger partial charge in [0, 0.05) is 12.2 Å². The molecule has 0 aliphatic carbocycles. The molecule has 13 heavy (non-hydrogen) atoms. The van der Waals surface area contributed by atoms with Gasteiger partial charge >= 0.3 is 11.9 Å². The Morgan fingerprint density at radius 2 is 1.69 bits per heavy atom. The van der Waals surface area contributed by atoms with Crippen molar-refractivity contribution in [3.05, 3.63) is 12.2 Å². The Morgan fingerprint density at radius 3 is 2.15 bits per heavy atom. The lowest BCUT2D eigenvalue weighted by Crippen LogP contribution is -2.09. The van der Waals surface area contributed by atoms with Gasteiger partial charge in [0.15, 0.2) is 5.78 Å². The van der Waals surface area contributed by atoms with Gasteiger partial charge in [-0.1, -0.05) is 0 Å². The van der Waals surface area contributed by atoms with Gasteiger partial charge in [0.2, 0.25) is 0 Å². The number of ether oxygens (including phenoxy) is 2. The summed E-state index contributed by atoms with van der Waals surface area (Å²) in [6, 6.07) is 0. The van der Waals surface area contributed by atoms with Crippen molar-refractivity contribution in [2.24, 2.45) is 0 Å². The van der Waals surface area contributed by atoms with Crippen LogP contribution in [0.5, 0.6) is 0 Å². The number of Topliss-reactive ketones (excluding diaryl/α,β-unsaturated/α-hetero) is 1. The summed E-state index contributed by atoms with van der Waals surface area (Å²) in [4.78, 5) is 31.5. The zero-order chi connectivity index (χ0) is 10.3. The van der Waals surface area contributed by atoms with Crippen LogP contribution in [0.3, 0.4) is 0 Å². The zero-order valence-corrected chi connectivity index (χ0v) is 7.40. The maximum absolute atomic E-state index is 10.7. The van der Waals surface area contributed by atoms with E-state index in [-0.39, 0.29) is 12.4 Å². The summed E-state index contributed by atoms with van der Waals surface area (Å²) in [5.41, 5.74) is 0. The SMILES string of the molecule is COC(=O)/C=C/C(=O)OCC(C)=O. The maximum atomic E-state index is 10.7. The Hall–Kier alpha value is -1.65. The maximum Gasteiger partial charge on any atom is 0.331 e. The number of rotatable bonds is 4. The lowest BCUT2D eigenvalue weighted by molar-refractivity contribution is -0.143. The number of ketones is 1. The van der Waals surface area contributed by atoms with E-state index < -0.39 is 11.9 Å². The van der Waals surface area contributed by atoms with Crippen molar-refractivity contribution in [1.82, 2.24) is 0 Å². The second kappa shape index (κ2) is 5.93. The zero-order valence-electron chi connectivity index (χ0n) is 7.40. The van der Waals surface area contributed by atoms with Gasteiger partial charge in [-0.25, -0.2) is 9.59 Å². The van der Waals surface area contributed by atoms with Crippen LogP contribution in [0.2, 0.25) is 0 Å². The summed E-state index contributed by atoms with van der Waals surface area (Å²) in [5.74, 6) is -1.67. The molecule has 5 nitrogen and oxygen atoms in total. The number of esters is 2. The van der Waals surface area contributed by atoms with Crippen molar-refractivity contribution in [1.29, 1.82) is 0 Å². The fourth-order valence-electron chi connectivity index (χ4n) is 0.425. The van der Waals surface area contributed by atoms with Crippen LogP contribution in [-0.4, -0.2) is 31.4 Å². The van der Waals surface area contributed by atoms with Crippen LogP contribution in [0.15, 0.2) is 12.2 Å². The molecule has 0 aromatic rings. The predicted molar refractivity (Wildman–Crippen MR) is 42.8 cm³/mol. The topological polar surface area (TPSA) is 69.7 Å². The van der Waals surface area contributed by atoms with Gasteiger partial charge in [0.1, 0.15) is 6.61 Å². The minimum Gasteiger partial charge on any atom is -0.466 e. The molecule has 5 heteroatoms. The summed E-state index contributed by atoms with van der Waals surface area (Å²) in [6.45, 7) is 1.00. The van der Waals surface area contributed by atoms with Crippen molar-refractivity contribution in [2.45, 2.75) is 6.92 Å². The number of hydrogen-bond acceptors (Lipinski definition) is 5. The third-order valence-electron chi connectivity index (χ3n) is 0.974. The molecule has 0 radical (unpaired) electrons. The van der Waals surface area contributed by atoms with E-state index in [1.54, 1.807) is 0 Å². The van der Waals surface area contributed by atoms with Crippen LogP contribution in [0.4, 0.5) is 0 Å². The predicted octanol–water partition coefficient (Wildman–Crippen LogP) is -0.152. The number of hydrogen-bond donors (Lipinski definition) is 0. The third kappa shape index (κ3) is 6.74. The van der Waals surface area contributed by atoms with E-state index in [1.807, 2.05) is 0 Å². The largest absolute Gasteiger partial charge is 0.466 e. The normalized spacial score (nSPS) is 9.69. The van der Waals surface area contributed by atoms with Crippen molar-refractivity contribution < 1.29 is 23.9 Å².